The third kappa shape index (κ3) is 4.35. The van der Waals surface area contributed by atoms with Crippen molar-refractivity contribution in [3.05, 3.63) is 17.7 Å². The number of aliphatic carboxylic acids is 1. The number of methoxy groups -OCH3 is 2. The van der Waals surface area contributed by atoms with Gasteiger partial charge in [0.15, 0.2) is 0 Å². The van der Waals surface area contributed by atoms with Gasteiger partial charge in [-0.05, 0) is 24.5 Å². The molecule has 0 aromatic heterocycles. The lowest BCUT2D eigenvalue weighted by atomic mass is 10.1. The summed E-state index contributed by atoms with van der Waals surface area (Å²) in [6.45, 7) is 4.43. The number of carboxylic acid groups (broad SMARTS) is 1. The first kappa shape index (κ1) is 15.1. The van der Waals surface area contributed by atoms with Crippen LogP contribution in [0, 0.1) is 12.8 Å². The molecule has 106 valence electrons. The van der Waals surface area contributed by atoms with Gasteiger partial charge in [-0.15, -0.1) is 0 Å². The van der Waals surface area contributed by atoms with Crippen molar-refractivity contribution in [1.82, 2.24) is 0 Å². The number of anilines is 1. The average Bonchev–Trinajstić information content (AvgIpc) is 2.35. The van der Waals surface area contributed by atoms with Crippen LogP contribution < -0.4 is 14.8 Å². The van der Waals surface area contributed by atoms with Gasteiger partial charge in [0, 0.05) is 19.0 Å². The number of nitrogens with one attached hydrogen (secondary N) is 1. The van der Waals surface area contributed by atoms with E-state index >= 15 is 0 Å². The van der Waals surface area contributed by atoms with Gasteiger partial charge in [0.05, 0.1) is 19.9 Å². The number of hydrogen-bond donors (Lipinski definition) is 2. The Bertz CT molecular complexity index is 445. The predicted octanol–water partition coefficient (Wildman–Crippen LogP) is 2.53. The minimum absolute atomic E-state index is 0.0451. The second kappa shape index (κ2) is 6.87. The fourth-order valence-electron chi connectivity index (χ4n) is 1.87. The van der Waals surface area contributed by atoms with Crippen LogP contribution in [0.2, 0.25) is 0 Å². The van der Waals surface area contributed by atoms with E-state index < -0.39 is 5.97 Å². The first-order valence-corrected chi connectivity index (χ1v) is 6.16. The quantitative estimate of drug-likeness (QED) is 0.794. The maximum atomic E-state index is 10.6. The fraction of sp³-hybridized carbons (Fsp3) is 0.500. The maximum Gasteiger partial charge on any atom is 0.303 e. The zero-order chi connectivity index (χ0) is 14.4. The number of carboxylic acids is 1. The predicted molar refractivity (Wildman–Crippen MR) is 74.2 cm³/mol. The summed E-state index contributed by atoms with van der Waals surface area (Å²) >= 11 is 0. The highest BCUT2D eigenvalue weighted by atomic mass is 16.5. The second-order valence-electron chi connectivity index (χ2n) is 4.61. The minimum atomic E-state index is -0.785. The molecular formula is C14H21NO4. The van der Waals surface area contributed by atoms with Gasteiger partial charge in [-0.2, -0.15) is 0 Å². The molecule has 0 aliphatic carbocycles. The van der Waals surface area contributed by atoms with E-state index in [-0.39, 0.29) is 12.3 Å². The Labute approximate surface area is 113 Å². The molecule has 1 aromatic rings. The van der Waals surface area contributed by atoms with Crippen molar-refractivity contribution in [3.63, 3.8) is 0 Å². The number of ether oxygens (including phenoxy) is 2. The van der Waals surface area contributed by atoms with Gasteiger partial charge in [0.2, 0.25) is 0 Å². The van der Waals surface area contributed by atoms with Crippen LogP contribution >= 0.6 is 0 Å². The summed E-state index contributed by atoms with van der Waals surface area (Å²) in [4.78, 5) is 10.6. The van der Waals surface area contributed by atoms with Crippen molar-refractivity contribution >= 4 is 11.7 Å². The average molecular weight is 267 g/mol. The molecule has 0 aliphatic rings. The van der Waals surface area contributed by atoms with E-state index in [1.54, 1.807) is 20.3 Å². The summed E-state index contributed by atoms with van der Waals surface area (Å²) in [7, 11) is 3.20. The molecule has 2 N–H and O–H groups in total. The summed E-state index contributed by atoms with van der Waals surface area (Å²) in [6, 6.07) is 3.71. The number of rotatable bonds is 7. The van der Waals surface area contributed by atoms with Crippen LogP contribution in [0.4, 0.5) is 5.69 Å². The molecule has 0 bridgehead atoms. The molecule has 0 heterocycles. The number of carbonyl (C=O) groups is 1. The van der Waals surface area contributed by atoms with Crippen molar-refractivity contribution in [1.29, 1.82) is 0 Å². The Kier molecular flexibility index (Phi) is 5.48. The van der Waals surface area contributed by atoms with Crippen molar-refractivity contribution in [2.45, 2.75) is 20.3 Å². The van der Waals surface area contributed by atoms with Gasteiger partial charge in [-0.3, -0.25) is 4.79 Å². The number of hydrogen-bond acceptors (Lipinski definition) is 4. The van der Waals surface area contributed by atoms with E-state index in [1.807, 2.05) is 19.9 Å². The third-order valence-electron chi connectivity index (χ3n) is 2.88. The van der Waals surface area contributed by atoms with Crippen molar-refractivity contribution in [3.8, 4) is 11.5 Å². The Balaban J connectivity index is 2.80. The molecule has 1 aromatic carbocycles. The summed E-state index contributed by atoms with van der Waals surface area (Å²) < 4.78 is 10.5. The number of aryl methyl sites for hydroxylation is 1. The molecule has 0 radical (unpaired) electrons. The molecule has 1 rings (SSSR count). The monoisotopic (exact) mass is 267 g/mol. The first-order valence-electron chi connectivity index (χ1n) is 6.16. The Morgan fingerprint density at radius 3 is 2.58 bits per heavy atom. The van der Waals surface area contributed by atoms with Crippen LogP contribution in [-0.4, -0.2) is 31.8 Å². The summed E-state index contributed by atoms with van der Waals surface area (Å²) in [5.41, 5.74) is 1.87. The molecule has 0 amide bonds. The lowest BCUT2D eigenvalue weighted by Gasteiger charge is -2.17. The zero-order valence-electron chi connectivity index (χ0n) is 11.8. The lowest BCUT2D eigenvalue weighted by Crippen LogP contribution is -2.16. The maximum absolute atomic E-state index is 10.6. The van der Waals surface area contributed by atoms with Crippen LogP contribution in [-0.2, 0) is 4.79 Å². The summed E-state index contributed by atoms with van der Waals surface area (Å²) in [6.07, 6.45) is 0.143. The van der Waals surface area contributed by atoms with Crippen molar-refractivity contribution in [2.75, 3.05) is 26.1 Å². The Morgan fingerprint density at radius 1 is 1.37 bits per heavy atom. The first-order chi connectivity index (χ1) is 8.97. The lowest BCUT2D eigenvalue weighted by molar-refractivity contribution is -0.137. The highest BCUT2D eigenvalue weighted by Crippen LogP contribution is 2.33. The van der Waals surface area contributed by atoms with Gasteiger partial charge < -0.3 is 19.9 Å². The van der Waals surface area contributed by atoms with E-state index in [9.17, 15) is 4.79 Å². The van der Waals surface area contributed by atoms with Gasteiger partial charge >= 0.3 is 5.97 Å². The molecule has 0 spiro atoms. The van der Waals surface area contributed by atoms with E-state index in [0.29, 0.717) is 12.3 Å². The number of benzene rings is 1. The standard InChI is InChI=1S/C14H21NO4/c1-9(5-13(16)17)8-15-14-10(2)6-11(18-3)7-12(14)19-4/h6-7,9,15H,5,8H2,1-4H3,(H,16,17). The second-order valence-corrected chi connectivity index (χ2v) is 4.61. The van der Waals surface area contributed by atoms with Crippen LogP contribution in [0.3, 0.4) is 0 Å². The van der Waals surface area contributed by atoms with Gasteiger partial charge in [0.1, 0.15) is 11.5 Å². The SMILES string of the molecule is COc1cc(C)c(NCC(C)CC(=O)O)c(OC)c1. The van der Waals surface area contributed by atoms with E-state index in [2.05, 4.69) is 5.32 Å². The normalized spacial score (nSPS) is 11.8. The summed E-state index contributed by atoms with van der Waals surface area (Å²) in [5, 5.41) is 12.0. The van der Waals surface area contributed by atoms with E-state index in [4.69, 9.17) is 14.6 Å². The summed E-state index contributed by atoms with van der Waals surface area (Å²) in [5.74, 6) is 0.689. The molecule has 1 atom stereocenters. The largest absolute Gasteiger partial charge is 0.497 e. The third-order valence-corrected chi connectivity index (χ3v) is 2.88. The minimum Gasteiger partial charge on any atom is -0.497 e. The molecule has 19 heavy (non-hydrogen) atoms. The molecule has 5 nitrogen and oxygen atoms in total. The molecule has 5 heteroatoms. The molecule has 1 unspecified atom stereocenters. The van der Waals surface area contributed by atoms with Crippen LogP contribution in [0.25, 0.3) is 0 Å². The van der Waals surface area contributed by atoms with Gasteiger partial charge in [-0.25, -0.2) is 0 Å². The fourth-order valence-corrected chi connectivity index (χ4v) is 1.87. The van der Waals surface area contributed by atoms with Gasteiger partial charge in [-0.1, -0.05) is 6.92 Å². The van der Waals surface area contributed by atoms with E-state index in [1.165, 1.54) is 0 Å². The zero-order valence-corrected chi connectivity index (χ0v) is 11.8. The molecule has 0 saturated carbocycles. The van der Waals surface area contributed by atoms with Crippen LogP contribution in [0.5, 0.6) is 11.5 Å². The van der Waals surface area contributed by atoms with Crippen molar-refractivity contribution < 1.29 is 19.4 Å². The molecule has 0 fully saturated rings. The molecule has 0 saturated heterocycles. The Morgan fingerprint density at radius 2 is 2.05 bits per heavy atom. The highest BCUT2D eigenvalue weighted by molar-refractivity contribution is 5.67. The van der Waals surface area contributed by atoms with Crippen LogP contribution in [0.1, 0.15) is 18.9 Å². The molecule has 0 aliphatic heterocycles. The van der Waals surface area contributed by atoms with Gasteiger partial charge in [0.25, 0.3) is 0 Å². The Hall–Kier alpha value is -1.91. The highest BCUT2D eigenvalue weighted by Gasteiger charge is 2.12. The topological polar surface area (TPSA) is 67.8 Å². The van der Waals surface area contributed by atoms with E-state index in [0.717, 1.165) is 17.0 Å². The van der Waals surface area contributed by atoms with Crippen LogP contribution in [0.15, 0.2) is 12.1 Å². The smallest absolute Gasteiger partial charge is 0.303 e. The molecular weight excluding hydrogens is 246 g/mol. The van der Waals surface area contributed by atoms with Crippen molar-refractivity contribution in [2.24, 2.45) is 5.92 Å².